The fourth-order valence-electron chi connectivity index (χ4n) is 2.46. The first-order valence-electron chi connectivity index (χ1n) is 7.56. The van der Waals surface area contributed by atoms with Crippen LogP contribution in [0.15, 0.2) is 57.8 Å². The zero-order chi connectivity index (χ0) is 16.7. The Bertz CT molecular complexity index is 945. The second kappa shape index (κ2) is 5.45. The number of sulfonamides is 1. The number of nitrogens with one attached hydrogen (secondary N) is 1. The Labute approximate surface area is 139 Å². The third-order valence-electron chi connectivity index (χ3n) is 3.88. The molecule has 1 fully saturated rings. The maximum Gasteiger partial charge on any atom is 0.286 e. The summed E-state index contributed by atoms with van der Waals surface area (Å²) in [6.45, 7) is 0. The number of amides is 1. The quantitative estimate of drug-likeness (QED) is 0.929. The molecule has 0 aromatic heterocycles. The molecule has 0 bridgehead atoms. The molecular weight excluding hydrogens is 328 g/mol. The Morgan fingerprint density at radius 3 is 2.50 bits per heavy atom. The highest BCUT2D eigenvalue weighted by Crippen LogP contribution is 2.31. The van der Waals surface area contributed by atoms with Gasteiger partial charge < -0.3 is 10.1 Å². The first-order valence-corrected chi connectivity index (χ1v) is 9.00. The fourth-order valence-corrected chi connectivity index (χ4v) is 3.59. The van der Waals surface area contributed by atoms with Gasteiger partial charge in [-0.3, -0.25) is 4.79 Å². The summed E-state index contributed by atoms with van der Waals surface area (Å²) >= 11 is 0. The fraction of sp³-hybridized carbons (Fsp3) is 0.176. The van der Waals surface area contributed by atoms with Crippen molar-refractivity contribution in [3.05, 3.63) is 54.1 Å². The molecule has 6 nitrogen and oxygen atoms in total. The van der Waals surface area contributed by atoms with Crippen LogP contribution in [0.4, 0.5) is 5.69 Å². The summed E-state index contributed by atoms with van der Waals surface area (Å²) in [4.78, 5) is 11.9. The molecule has 1 saturated carbocycles. The van der Waals surface area contributed by atoms with E-state index in [1.54, 1.807) is 42.5 Å². The van der Waals surface area contributed by atoms with Crippen LogP contribution < -0.4 is 10.1 Å². The van der Waals surface area contributed by atoms with Crippen LogP contribution in [0.1, 0.15) is 18.4 Å². The lowest BCUT2D eigenvalue weighted by Gasteiger charge is -2.07. The van der Waals surface area contributed by atoms with Crippen LogP contribution in [0.5, 0.6) is 5.75 Å². The largest absolute Gasteiger partial charge is 0.438 e. The average Bonchev–Trinajstić information content (AvgIpc) is 3.37. The lowest BCUT2D eigenvalue weighted by Crippen LogP contribution is -2.13. The SMILES string of the molecule is O=C(Nc1ccc(OC2=NS(=O)(=O)c3ccccc32)cc1)C1CC1. The van der Waals surface area contributed by atoms with Gasteiger partial charge in [0.1, 0.15) is 10.6 Å². The second-order valence-corrected chi connectivity index (χ2v) is 7.33. The Morgan fingerprint density at radius 2 is 1.79 bits per heavy atom. The van der Waals surface area contributed by atoms with Gasteiger partial charge in [-0.15, -0.1) is 4.40 Å². The predicted molar refractivity (Wildman–Crippen MR) is 88.6 cm³/mol. The lowest BCUT2D eigenvalue weighted by molar-refractivity contribution is -0.117. The highest BCUT2D eigenvalue weighted by Gasteiger charge is 2.30. The van der Waals surface area contributed by atoms with E-state index in [0.29, 0.717) is 17.0 Å². The van der Waals surface area contributed by atoms with Crippen molar-refractivity contribution in [2.24, 2.45) is 10.3 Å². The van der Waals surface area contributed by atoms with Gasteiger partial charge in [-0.2, -0.15) is 8.42 Å². The summed E-state index contributed by atoms with van der Waals surface area (Å²) in [7, 11) is -3.70. The molecule has 2 aromatic rings. The number of rotatable bonds is 3. The first-order chi connectivity index (χ1) is 11.5. The number of fused-ring (bicyclic) bond motifs is 1. The van der Waals surface area contributed by atoms with E-state index in [2.05, 4.69) is 9.71 Å². The Morgan fingerprint density at radius 1 is 1.08 bits per heavy atom. The number of carbonyl (C=O) groups is 1. The minimum absolute atomic E-state index is 0.0313. The minimum atomic E-state index is -3.70. The van der Waals surface area contributed by atoms with E-state index in [0.717, 1.165) is 12.8 Å². The first kappa shape index (κ1) is 14.9. The Hall–Kier alpha value is -2.67. The third kappa shape index (κ3) is 2.78. The van der Waals surface area contributed by atoms with Crippen molar-refractivity contribution < 1.29 is 17.9 Å². The maximum absolute atomic E-state index is 12.0. The van der Waals surface area contributed by atoms with E-state index >= 15 is 0 Å². The van der Waals surface area contributed by atoms with E-state index in [4.69, 9.17) is 4.74 Å². The van der Waals surface area contributed by atoms with Gasteiger partial charge in [-0.1, -0.05) is 12.1 Å². The van der Waals surface area contributed by atoms with E-state index in [1.807, 2.05) is 0 Å². The van der Waals surface area contributed by atoms with Crippen molar-refractivity contribution in [3.63, 3.8) is 0 Å². The van der Waals surface area contributed by atoms with Crippen LogP contribution >= 0.6 is 0 Å². The Kier molecular flexibility index (Phi) is 3.38. The number of carbonyl (C=O) groups excluding carboxylic acids is 1. The molecule has 1 aliphatic heterocycles. The van der Waals surface area contributed by atoms with Crippen LogP contribution in [-0.4, -0.2) is 20.2 Å². The number of anilines is 1. The third-order valence-corrected chi connectivity index (χ3v) is 5.20. The van der Waals surface area contributed by atoms with Gasteiger partial charge in [0.25, 0.3) is 10.0 Å². The molecule has 24 heavy (non-hydrogen) atoms. The van der Waals surface area contributed by atoms with Crippen LogP contribution in [0.2, 0.25) is 0 Å². The molecule has 0 saturated heterocycles. The normalized spacial score (nSPS) is 17.8. The topological polar surface area (TPSA) is 84.8 Å². The van der Waals surface area contributed by atoms with Crippen molar-refractivity contribution in [1.29, 1.82) is 0 Å². The van der Waals surface area contributed by atoms with E-state index in [9.17, 15) is 13.2 Å². The summed E-state index contributed by atoms with van der Waals surface area (Å²) < 4.78 is 33.3. The monoisotopic (exact) mass is 342 g/mol. The van der Waals surface area contributed by atoms with Gasteiger partial charge in [0.15, 0.2) is 0 Å². The summed E-state index contributed by atoms with van der Waals surface area (Å²) in [5.74, 6) is 0.671. The average molecular weight is 342 g/mol. The molecule has 1 amide bonds. The lowest BCUT2D eigenvalue weighted by atomic mass is 10.2. The van der Waals surface area contributed by atoms with Crippen LogP contribution in [-0.2, 0) is 14.8 Å². The minimum Gasteiger partial charge on any atom is -0.438 e. The zero-order valence-electron chi connectivity index (χ0n) is 12.6. The summed E-state index contributed by atoms with van der Waals surface area (Å²) in [6, 6.07) is 13.3. The summed E-state index contributed by atoms with van der Waals surface area (Å²) in [5.41, 5.74) is 1.13. The molecule has 122 valence electrons. The molecule has 4 rings (SSSR count). The molecule has 0 radical (unpaired) electrons. The number of hydrogen-bond donors (Lipinski definition) is 1. The molecule has 1 heterocycles. The maximum atomic E-state index is 12.0. The molecule has 2 aliphatic rings. The highest BCUT2D eigenvalue weighted by molar-refractivity contribution is 7.90. The summed E-state index contributed by atoms with van der Waals surface area (Å²) in [6.07, 6.45) is 1.89. The van der Waals surface area contributed by atoms with E-state index in [1.165, 1.54) is 6.07 Å². The van der Waals surface area contributed by atoms with Crippen molar-refractivity contribution in [3.8, 4) is 5.75 Å². The van der Waals surface area contributed by atoms with Gasteiger partial charge in [0.05, 0.1) is 5.56 Å². The van der Waals surface area contributed by atoms with Gasteiger partial charge in [-0.25, -0.2) is 0 Å². The number of benzene rings is 2. The van der Waals surface area contributed by atoms with Gasteiger partial charge in [0, 0.05) is 11.6 Å². The molecule has 0 unspecified atom stereocenters. The predicted octanol–water partition coefficient (Wildman–Crippen LogP) is 2.56. The molecular formula is C17H14N2O4S. The van der Waals surface area contributed by atoms with Crippen molar-refractivity contribution >= 4 is 27.5 Å². The molecule has 2 aromatic carbocycles. The van der Waals surface area contributed by atoms with Crippen molar-refractivity contribution in [1.82, 2.24) is 0 Å². The number of hydrogen-bond acceptors (Lipinski definition) is 4. The molecule has 1 aliphatic carbocycles. The van der Waals surface area contributed by atoms with Gasteiger partial charge in [0.2, 0.25) is 11.8 Å². The molecule has 1 N–H and O–H groups in total. The zero-order valence-corrected chi connectivity index (χ0v) is 13.4. The molecule has 7 heteroatoms. The number of nitrogens with zero attached hydrogens (tertiary/aromatic N) is 1. The van der Waals surface area contributed by atoms with Crippen molar-refractivity contribution in [2.45, 2.75) is 17.7 Å². The van der Waals surface area contributed by atoms with Crippen LogP contribution in [0.3, 0.4) is 0 Å². The Balaban J connectivity index is 1.53. The smallest absolute Gasteiger partial charge is 0.286 e. The van der Waals surface area contributed by atoms with E-state index in [-0.39, 0.29) is 22.6 Å². The van der Waals surface area contributed by atoms with Crippen LogP contribution in [0, 0.1) is 5.92 Å². The van der Waals surface area contributed by atoms with Gasteiger partial charge in [-0.05, 0) is 49.2 Å². The summed E-state index contributed by atoms with van der Waals surface area (Å²) in [5, 5.41) is 2.83. The van der Waals surface area contributed by atoms with Crippen LogP contribution in [0.25, 0.3) is 0 Å². The highest BCUT2D eigenvalue weighted by atomic mass is 32.2. The van der Waals surface area contributed by atoms with Gasteiger partial charge >= 0.3 is 0 Å². The van der Waals surface area contributed by atoms with Crippen molar-refractivity contribution in [2.75, 3.05) is 5.32 Å². The van der Waals surface area contributed by atoms with E-state index < -0.39 is 10.0 Å². The molecule has 0 spiro atoms. The second-order valence-electron chi connectivity index (χ2n) is 5.76. The molecule has 0 atom stereocenters. The standard InChI is InChI=1S/C17H14N2O4S/c20-16(11-5-6-11)18-12-7-9-13(10-8-12)23-17-14-3-1-2-4-15(14)24(21,22)19-17/h1-4,7-11H,5-6H2,(H,18,20). The number of ether oxygens (including phenoxy) is 1.